The molecule has 124 valence electrons. The zero-order valence-corrected chi connectivity index (χ0v) is 13.7. The van der Waals surface area contributed by atoms with Crippen LogP contribution in [-0.4, -0.2) is 17.4 Å². The summed E-state index contributed by atoms with van der Waals surface area (Å²) < 4.78 is 10.8. The van der Waals surface area contributed by atoms with Crippen molar-refractivity contribution in [2.45, 2.75) is 13.1 Å². The molecule has 24 heavy (non-hydrogen) atoms. The van der Waals surface area contributed by atoms with Crippen molar-refractivity contribution in [3.05, 3.63) is 77.6 Å². The lowest BCUT2D eigenvalue weighted by atomic mass is 10.3. The van der Waals surface area contributed by atoms with E-state index < -0.39 is 0 Å². The molecule has 2 aromatic heterocycles. The van der Waals surface area contributed by atoms with Gasteiger partial charge in [-0.25, -0.2) is 0 Å². The highest BCUT2D eigenvalue weighted by atomic mass is 35.5. The topological polar surface area (TPSA) is 58.6 Å². The van der Waals surface area contributed by atoms with Crippen molar-refractivity contribution >= 4 is 23.2 Å². The Labute approximate surface area is 144 Å². The average Bonchev–Trinajstić information content (AvgIpc) is 3.23. The average molecular weight is 345 g/mol. The van der Waals surface area contributed by atoms with Crippen molar-refractivity contribution in [1.29, 1.82) is 0 Å². The maximum Gasteiger partial charge on any atom is 0.238 e. The van der Waals surface area contributed by atoms with E-state index in [-0.39, 0.29) is 12.5 Å². The van der Waals surface area contributed by atoms with E-state index in [9.17, 15) is 4.79 Å². The van der Waals surface area contributed by atoms with E-state index in [4.69, 9.17) is 20.4 Å². The molecule has 1 amide bonds. The van der Waals surface area contributed by atoms with E-state index >= 15 is 0 Å². The summed E-state index contributed by atoms with van der Waals surface area (Å²) in [7, 11) is 0. The number of furan rings is 2. The van der Waals surface area contributed by atoms with Gasteiger partial charge in [0, 0.05) is 0 Å². The molecular formula is C18H17ClN2O3. The highest BCUT2D eigenvalue weighted by Gasteiger charge is 2.15. The fourth-order valence-electron chi connectivity index (χ4n) is 2.37. The van der Waals surface area contributed by atoms with Crippen LogP contribution in [0.4, 0.5) is 5.69 Å². The summed E-state index contributed by atoms with van der Waals surface area (Å²) in [6, 6.07) is 14.5. The summed E-state index contributed by atoms with van der Waals surface area (Å²) in [5, 5.41) is 3.33. The Kier molecular flexibility index (Phi) is 5.36. The molecule has 0 unspecified atom stereocenters. The minimum Gasteiger partial charge on any atom is -0.468 e. The molecular weight excluding hydrogens is 328 g/mol. The summed E-state index contributed by atoms with van der Waals surface area (Å²) >= 11 is 6.08. The molecule has 0 radical (unpaired) electrons. The first-order chi connectivity index (χ1) is 11.7. The van der Waals surface area contributed by atoms with Crippen molar-refractivity contribution in [2.24, 2.45) is 0 Å². The van der Waals surface area contributed by atoms with Gasteiger partial charge in [0.15, 0.2) is 0 Å². The Balaban J connectivity index is 1.66. The van der Waals surface area contributed by atoms with Crippen LogP contribution in [0, 0.1) is 0 Å². The number of hydrogen-bond donors (Lipinski definition) is 1. The minimum atomic E-state index is -0.152. The van der Waals surface area contributed by atoms with E-state index in [0.29, 0.717) is 23.8 Å². The standard InChI is InChI=1S/C18H17ClN2O3/c19-16-7-1-2-8-17(16)20-18(22)13-21(11-14-5-3-9-23-14)12-15-6-4-10-24-15/h1-10H,11-13H2,(H,20,22). The molecule has 0 aliphatic heterocycles. The fourth-order valence-corrected chi connectivity index (χ4v) is 2.55. The van der Waals surface area contributed by atoms with Gasteiger partial charge in [-0.05, 0) is 36.4 Å². The molecule has 0 atom stereocenters. The largest absolute Gasteiger partial charge is 0.468 e. The van der Waals surface area contributed by atoms with Crippen LogP contribution in [0.5, 0.6) is 0 Å². The van der Waals surface area contributed by atoms with Crippen molar-refractivity contribution in [2.75, 3.05) is 11.9 Å². The number of rotatable bonds is 7. The van der Waals surface area contributed by atoms with Crippen LogP contribution in [0.1, 0.15) is 11.5 Å². The predicted molar refractivity (Wildman–Crippen MR) is 91.6 cm³/mol. The maximum absolute atomic E-state index is 12.4. The van der Waals surface area contributed by atoms with Crippen LogP contribution >= 0.6 is 11.6 Å². The predicted octanol–water partition coefficient (Wildman–Crippen LogP) is 4.17. The summed E-state index contributed by atoms with van der Waals surface area (Å²) in [5.74, 6) is 1.42. The molecule has 3 rings (SSSR count). The Bertz CT molecular complexity index is 733. The molecule has 0 aliphatic carbocycles. The summed E-state index contributed by atoms with van der Waals surface area (Å²) in [6.07, 6.45) is 3.23. The molecule has 0 bridgehead atoms. The summed E-state index contributed by atoms with van der Waals surface area (Å²) in [6.45, 7) is 1.19. The molecule has 1 aromatic carbocycles. The van der Waals surface area contributed by atoms with Crippen molar-refractivity contribution < 1.29 is 13.6 Å². The lowest BCUT2D eigenvalue weighted by Crippen LogP contribution is -2.32. The molecule has 0 saturated carbocycles. The third kappa shape index (κ3) is 4.50. The van der Waals surface area contributed by atoms with E-state index in [1.165, 1.54) is 0 Å². The Morgan fingerprint density at radius 1 is 0.958 bits per heavy atom. The number of carbonyl (C=O) groups excluding carboxylic acids is 1. The van der Waals surface area contributed by atoms with E-state index in [1.807, 2.05) is 41.3 Å². The molecule has 0 saturated heterocycles. The molecule has 0 fully saturated rings. The van der Waals surface area contributed by atoms with Crippen molar-refractivity contribution in [3.8, 4) is 0 Å². The Morgan fingerprint density at radius 3 is 2.12 bits per heavy atom. The van der Waals surface area contributed by atoms with Crippen LogP contribution < -0.4 is 5.32 Å². The second-order valence-corrected chi connectivity index (χ2v) is 5.74. The van der Waals surface area contributed by atoms with E-state index in [1.54, 1.807) is 24.7 Å². The van der Waals surface area contributed by atoms with Gasteiger partial charge in [-0.2, -0.15) is 0 Å². The number of carbonyl (C=O) groups is 1. The van der Waals surface area contributed by atoms with Gasteiger partial charge >= 0.3 is 0 Å². The number of nitrogens with one attached hydrogen (secondary N) is 1. The first kappa shape index (κ1) is 16.4. The van der Waals surface area contributed by atoms with Crippen molar-refractivity contribution in [3.63, 3.8) is 0 Å². The van der Waals surface area contributed by atoms with Crippen molar-refractivity contribution in [1.82, 2.24) is 4.90 Å². The Hall–Kier alpha value is -2.50. The minimum absolute atomic E-state index is 0.152. The van der Waals surface area contributed by atoms with E-state index in [2.05, 4.69) is 5.32 Å². The van der Waals surface area contributed by atoms with Gasteiger partial charge in [0.2, 0.25) is 5.91 Å². The molecule has 1 N–H and O–H groups in total. The van der Waals surface area contributed by atoms with Crippen LogP contribution in [0.25, 0.3) is 0 Å². The molecule has 0 spiro atoms. The maximum atomic E-state index is 12.4. The first-order valence-corrected chi connectivity index (χ1v) is 7.90. The number of anilines is 1. The highest BCUT2D eigenvalue weighted by molar-refractivity contribution is 6.33. The van der Waals surface area contributed by atoms with Gasteiger partial charge in [0.1, 0.15) is 11.5 Å². The second-order valence-electron chi connectivity index (χ2n) is 5.33. The first-order valence-electron chi connectivity index (χ1n) is 7.52. The fraction of sp³-hybridized carbons (Fsp3) is 0.167. The van der Waals surface area contributed by atoms with E-state index in [0.717, 1.165) is 11.5 Å². The molecule has 0 aliphatic rings. The highest BCUT2D eigenvalue weighted by Crippen LogP contribution is 2.20. The number of para-hydroxylation sites is 1. The van der Waals surface area contributed by atoms with Crippen LogP contribution in [0.2, 0.25) is 5.02 Å². The SMILES string of the molecule is O=C(CN(Cc1ccco1)Cc1ccco1)Nc1ccccc1Cl. The number of halogens is 1. The zero-order valence-electron chi connectivity index (χ0n) is 12.9. The quantitative estimate of drug-likeness (QED) is 0.699. The molecule has 3 aromatic rings. The smallest absolute Gasteiger partial charge is 0.238 e. The normalized spacial score (nSPS) is 10.9. The molecule has 2 heterocycles. The van der Waals surface area contributed by atoms with Gasteiger partial charge in [0.05, 0.1) is 42.9 Å². The lowest BCUT2D eigenvalue weighted by Gasteiger charge is -2.19. The number of hydrogen-bond acceptors (Lipinski definition) is 4. The van der Waals surface area contributed by atoms with Crippen LogP contribution in [0.15, 0.2) is 69.9 Å². The summed E-state index contributed by atoms with van der Waals surface area (Å²) in [5.41, 5.74) is 0.597. The molecule has 6 heteroatoms. The van der Waals surface area contributed by atoms with Gasteiger partial charge in [-0.1, -0.05) is 23.7 Å². The zero-order chi connectivity index (χ0) is 16.8. The molecule has 5 nitrogen and oxygen atoms in total. The monoisotopic (exact) mass is 344 g/mol. The lowest BCUT2D eigenvalue weighted by molar-refractivity contribution is -0.117. The third-order valence-electron chi connectivity index (χ3n) is 3.43. The van der Waals surface area contributed by atoms with Gasteiger partial charge < -0.3 is 14.2 Å². The second kappa shape index (κ2) is 7.86. The van der Waals surface area contributed by atoms with Gasteiger partial charge in [-0.15, -0.1) is 0 Å². The van der Waals surface area contributed by atoms with Crippen LogP contribution in [-0.2, 0) is 17.9 Å². The van der Waals surface area contributed by atoms with Gasteiger partial charge in [-0.3, -0.25) is 9.69 Å². The summed E-state index contributed by atoms with van der Waals surface area (Å²) in [4.78, 5) is 14.3. The van der Waals surface area contributed by atoms with Crippen LogP contribution in [0.3, 0.4) is 0 Å². The third-order valence-corrected chi connectivity index (χ3v) is 3.76. The Morgan fingerprint density at radius 2 is 1.58 bits per heavy atom. The van der Waals surface area contributed by atoms with Gasteiger partial charge in [0.25, 0.3) is 0 Å². The number of nitrogens with zero attached hydrogens (tertiary/aromatic N) is 1. The number of amides is 1. The number of benzene rings is 1.